The number of aromatic nitrogens is 4. The summed E-state index contributed by atoms with van der Waals surface area (Å²) in [5.41, 5.74) is 0.145. The van der Waals surface area contributed by atoms with E-state index in [1.54, 1.807) is 0 Å². The molecule has 0 spiro atoms. The van der Waals surface area contributed by atoms with Gasteiger partial charge < -0.3 is 5.32 Å². The van der Waals surface area contributed by atoms with Crippen molar-refractivity contribution in [3.63, 3.8) is 0 Å². The molecule has 15 heavy (non-hydrogen) atoms. The molecule has 0 amide bonds. The SMILES string of the molecule is CC(C)CC1(c2nn[nH]n2)CCNCC1. The first-order chi connectivity index (χ1) is 7.23. The molecule has 1 fully saturated rings. The number of aromatic amines is 1. The Labute approximate surface area is 90.0 Å². The predicted molar refractivity (Wildman–Crippen MR) is 57.4 cm³/mol. The van der Waals surface area contributed by atoms with Crippen molar-refractivity contribution < 1.29 is 0 Å². The lowest BCUT2D eigenvalue weighted by molar-refractivity contribution is 0.244. The fourth-order valence-corrected chi connectivity index (χ4v) is 2.59. The van der Waals surface area contributed by atoms with Crippen molar-refractivity contribution in [1.29, 1.82) is 0 Å². The maximum absolute atomic E-state index is 4.19. The summed E-state index contributed by atoms with van der Waals surface area (Å²) in [5.74, 6) is 1.57. The Morgan fingerprint density at radius 3 is 2.60 bits per heavy atom. The summed E-state index contributed by atoms with van der Waals surface area (Å²) in [4.78, 5) is 0. The molecule has 0 radical (unpaired) electrons. The molecule has 1 aliphatic heterocycles. The standard InChI is InChI=1S/C10H19N5/c1-8(2)7-10(3-5-11-6-4-10)9-12-14-15-13-9/h8,11H,3-7H2,1-2H3,(H,12,13,14,15). The smallest absolute Gasteiger partial charge is 0.180 e. The van der Waals surface area contributed by atoms with Crippen LogP contribution in [0.25, 0.3) is 0 Å². The van der Waals surface area contributed by atoms with E-state index in [0.29, 0.717) is 5.92 Å². The van der Waals surface area contributed by atoms with Crippen LogP contribution in [0.4, 0.5) is 0 Å². The Hall–Kier alpha value is -0.970. The Morgan fingerprint density at radius 1 is 1.33 bits per heavy atom. The molecule has 5 nitrogen and oxygen atoms in total. The number of hydrogen-bond acceptors (Lipinski definition) is 4. The predicted octanol–water partition coefficient (Wildman–Crippen LogP) is 0.867. The van der Waals surface area contributed by atoms with E-state index in [2.05, 4.69) is 39.8 Å². The van der Waals surface area contributed by atoms with Crippen LogP contribution < -0.4 is 5.32 Å². The second-order valence-corrected chi connectivity index (χ2v) is 4.86. The molecule has 2 N–H and O–H groups in total. The Kier molecular flexibility index (Phi) is 3.00. The lowest BCUT2D eigenvalue weighted by Crippen LogP contribution is -2.41. The van der Waals surface area contributed by atoms with E-state index in [0.717, 1.165) is 38.2 Å². The lowest BCUT2D eigenvalue weighted by atomic mass is 9.72. The van der Waals surface area contributed by atoms with Crippen LogP contribution in [0, 0.1) is 5.92 Å². The third-order valence-corrected chi connectivity index (χ3v) is 3.18. The van der Waals surface area contributed by atoms with Crippen LogP contribution in [-0.2, 0) is 5.41 Å². The van der Waals surface area contributed by atoms with Gasteiger partial charge in [0.05, 0.1) is 0 Å². The minimum atomic E-state index is 0.145. The highest BCUT2D eigenvalue weighted by molar-refractivity contribution is 5.07. The van der Waals surface area contributed by atoms with Crippen LogP contribution in [0.15, 0.2) is 0 Å². The van der Waals surface area contributed by atoms with Crippen molar-refractivity contribution >= 4 is 0 Å². The number of H-pyrrole nitrogens is 1. The third-order valence-electron chi connectivity index (χ3n) is 3.18. The van der Waals surface area contributed by atoms with Crippen molar-refractivity contribution in [2.24, 2.45) is 5.92 Å². The summed E-state index contributed by atoms with van der Waals surface area (Å²) >= 11 is 0. The summed E-state index contributed by atoms with van der Waals surface area (Å²) in [7, 11) is 0. The van der Waals surface area contributed by atoms with Crippen molar-refractivity contribution in [3.8, 4) is 0 Å². The monoisotopic (exact) mass is 209 g/mol. The van der Waals surface area contributed by atoms with E-state index in [4.69, 9.17) is 0 Å². The Morgan fingerprint density at radius 2 is 2.07 bits per heavy atom. The van der Waals surface area contributed by atoms with Crippen molar-refractivity contribution in [2.75, 3.05) is 13.1 Å². The quantitative estimate of drug-likeness (QED) is 0.775. The molecule has 2 heterocycles. The highest BCUT2D eigenvalue weighted by Gasteiger charge is 2.38. The molecule has 0 aromatic carbocycles. The number of nitrogens with zero attached hydrogens (tertiary/aromatic N) is 3. The van der Waals surface area contributed by atoms with E-state index in [9.17, 15) is 0 Å². The minimum Gasteiger partial charge on any atom is -0.317 e. The molecule has 0 unspecified atom stereocenters. The average Bonchev–Trinajstić information content (AvgIpc) is 2.71. The number of hydrogen-bond donors (Lipinski definition) is 2. The Bertz CT molecular complexity index is 287. The molecular formula is C10H19N5. The molecular weight excluding hydrogens is 190 g/mol. The summed E-state index contributed by atoms with van der Waals surface area (Å²) in [5, 5.41) is 18.0. The molecule has 1 aromatic rings. The molecule has 1 saturated heterocycles. The van der Waals surface area contributed by atoms with Crippen LogP contribution in [0.5, 0.6) is 0 Å². The largest absolute Gasteiger partial charge is 0.317 e. The molecule has 84 valence electrons. The zero-order chi connectivity index (χ0) is 10.7. The van der Waals surface area contributed by atoms with Gasteiger partial charge in [-0.05, 0) is 38.3 Å². The first-order valence-corrected chi connectivity index (χ1v) is 5.68. The van der Waals surface area contributed by atoms with Crippen molar-refractivity contribution in [2.45, 2.75) is 38.5 Å². The first-order valence-electron chi connectivity index (χ1n) is 5.68. The maximum atomic E-state index is 4.19. The van der Waals surface area contributed by atoms with Gasteiger partial charge in [-0.25, -0.2) is 0 Å². The summed E-state index contributed by atoms with van der Waals surface area (Å²) in [6.45, 7) is 6.62. The molecule has 1 aliphatic rings. The van der Waals surface area contributed by atoms with Crippen LogP contribution in [0.2, 0.25) is 0 Å². The number of piperidine rings is 1. The highest BCUT2D eigenvalue weighted by atomic mass is 15.5. The molecule has 0 aliphatic carbocycles. The number of tetrazole rings is 1. The van der Waals surface area contributed by atoms with Gasteiger partial charge in [-0.1, -0.05) is 19.1 Å². The number of rotatable bonds is 3. The van der Waals surface area contributed by atoms with Crippen LogP contribution in [0.1, 0.15) is 38.9 Å². The fraction of sp³-hybridized carbons (Fsp3) is 0.900. The summed E-state index contributed by atoms with van der Waals surface area (Å²) in [6, 6.07) is 0. The van der Waals surface area contributed by atoms with Gasteiger partial charge in [0.2, 0.25) is 0 Å². The van der Waals surface area contributed by atoms with Gasteiger partial charge >= 0.3 is 0 Å². The van der Waals surface area contributed by atoms with E-state index in [1.807, 2.05) is 0 Å². The molecule has 0 bridgehead atoms. The summed E-state index contributed by atoms with van der Waals surface area (Å²) < 4.78 is 0. The van der Waals surface area contributed by atoms with Crippen LogP contribution in [0.3, 0.4) is 0 Å². The zero-order valence-corrected chi connectivity index (χ0v) is 9.45. The third kappa shape index (κ3) is 2.17. The topological polar surface area (TPSA) is 66.5 Å². The lowest BCUT2D eigenvalue weighted by Gasteiger charge is -2.36. The number of nitrogens with one attached hydrogen (secondary N) is 2. The van der Waals surface area contributed by atoms with Gasteiger partial charge in [-0.3, -0.25) is 0 Å². The van der Waals surface area contributed by atoms with Gasteiger partial charge in [0.1, 0.15) is 0 Å². The second-order valence-electron chi connectivity index (χ2n) is 4.86. The van der Waals surface area contributed by atoms with Crippen LogP contribution >= 0.6 is 0 Å². The maximum Gasteiger partial charge on any atom is 0.180 e. The van der Waals surface area contributed by atoms with Crippen LogP contribution in [-0.4, -0.2) is 33.7 Å². The molecule has 1 aromatic heterocycles. The molecule has 5 heteroatoms. The second kappa shape index (κ2) is 4.26. The van der Waals surface area contributed by atoms with E-state index < -0.39 is 0 Å². The van der Waals surface area contributed by atoms with Gasteiger partial charge in [-0.15, -0.1) is 10.2 Å². The molecule has 0 saturated carbocycles. The van der Waals surface area contributed by atoms with Crippen molar-refractivity contribution in [1.82, 2.24) is 25.9 Å². The van der Waals surface area contributed by atoms with Crippen molar-refractivity contribution in [3.05, 3.63) is 5.82 Å². The van der Waals surface area contributed by atoms with E-state index in [-0.39, 0.29) is 5.41 Å². The fourth-order valence-electron chi connectivity index (χ4n) is 2.59. The Balaban J connectivity index is 2.21. The van der Waals surface area contributed by atoms with Gasteiger partial charge in [0.15, 0.2) is 5.82 Å². The summed E-state index contributed by atoms with van der Waals surface area (Å²) in [6.07, 6.45) is 3.38. The molecule has 2 rings (SSSR count). The van der Waals surface area contributed by atoms with Gasteiger partial charge in [-0.2, -0.15) is 5.21 Å². The zero-order valence-electron chi connectivity index (χ0n) is 9.45. The van der Waals surface area contributed by atoms with Gasteiger partial charge in [0.25, 0.3) is 0 Å². The van der Waals surface area contributed by atoms with Gasteiger partial charge in [0, 0.05) is 5.41 Å². The minimum absolute atomic E-state index is 0.145. The highest BCUT2D eigenvalue weighted by Crippen LogP contribution is 2.36. The molecule has 0 atom stereocenters. The average molecular weight is 209 g/mol. The first kappa shape index (κ1) is 10.5. The van der Waals surface area contributed by atoms with E-state index >= 15 is 0 Å². The normalized spacial score (nSPS) is 20.7. The van der Waals surface area contributed by atoms with E-state index in [1.165, 1.54) is 0 Å².